The van der Waals surface area contributed by atoms with Gasteiger partial charge in [0.2, 0.25) is 5.91 Å². The summed E-state index contributed by atoms with van der Waals surface area (Å²) in [5.74, 6) is 0.664. The number of aryl methyl sites for hydroxylation is 1. The Morgan fingerprint density at radius 3 is 2.96 bits per heavy atom. The molecule has 23 heavy (non-hydrogen) atoms. The van der Waals surface area contributed by atoms with E-state index in [4.69, 9.17) is 0 Å². The van der Waals surface area contributed by atoms with Gasteiger partial charge in [-0.1, -0.05) is 6.07 Å². The molecular weight excluding hydrogens is 308 g/mol. The van der Waals surface area contributed by atoms with Gasteiger partial charge in [0.1, 0.15) is 0 Å². The number of likely N-dealkylation sites (tertiary alicyclic amines) is 1. The van der Waals surface area contributed by atoms with Crippen LogP contribution in [0.15, 0.2) is 23.6 Å². The maximum Gasteiger partial charge on any atom is 0.226 e. The summed E-state index contributed by atoms with van der Waals surface area (Å²) in [6.07, 6.45) is 2.68. The molecule has 1 fully saturated rings. The van der Waals surface area contributed by atoms with E-state index in [2.05, 4.69) is 37.9 Å². The molecule has 1 amide bonds. The summed E-state index contributed by atoms with van der Waals surface area (Å²) >= 11 is 1.83. The number of hydrogen-bond acceptors (Lipinski definition) is 4. The van der Waals surface area contributed by atoms with Crippen molar-refractivity contribution in [3.63, 3.8) is 0 Å². The van der Waals surface area contributed by atoms with Crippen molar-refractivity contribution in [3.8, 4) is 0 Å². The van der Waals surface area contributed by atoms with Crippen molar-refractivity contribution in [2.45, 2.75) is 32.7 Å². The highest BCUT2D eigenvalue weighted by Gasteiger charge is 2.20. The number of aromatic nitrogens is 2. The lowest BCUT2D eigenvalue weighted by atomic mass is 9.96. The van der Waals surface area contributed by atoms with Crippen LogP contribution in [-0.2, 0) is 17.8 Å². The fraction of sp³-hybridized carbons (Fsp3) is 0.529. The third-order valence-electron chi connectivity index (χ3n) is 4.36. The molecule has 1 aliphatic rings. The molecule has 1 saturated heterocycles. The van der Waals surface area contributed by atoms with E-state index in [9.17, 15) is 4.79 Å². The third-order valence-corrected chi connectivity index (χ3v) is 5.22. The minimum absolute atomic E-state index is 0.0671. The molecule has 124 valence electrons. The van der Waals surface area contributed by atoms with Crippen LogP contribution in [-0.4, -0.2) is 40.6 Å². The summed E-state index contributed by atoms with van der Waals surface area (Å²) in [4.78, 5) is 15.9. The molecule has 0 aliphatic carbocycles. The van der Waals surface area contributed by atoms with Crippen molar-refractivity contribution in [3.05, 3.63) is 39.8 Å². The fourth-order valence-electron chi connectivity index (χ4n) is 3.02. The molecule has 2 aromatic heterocycles. The maximum atomic E-state index is 12.0. The summed E-state index contributed by atoms with van der Waals surface area (Å²) in [5, 5.41) is 12.2. The van der Waals surface area contributed by atoms with Crippen molar-refractivity contribution < 1.29 is 4.79 Å². The van der Waals surface area contributed by atoms with Crippen LogP contribution in [0.25, 0.3) is 0 Å². The Hall–Kier alpha value is -1.66. The summed E-state index contributed by atoms with van der Waals surface area (Å²) in [5.41, 5.74) is 1.80. The van der Waals surface area contributed by atoms with E-state index < -0.39 is 0 Å². The summed E-state index contributed by atoms with van der Waals surface area (Å²) in [6.45, 7) is 6.04. The molecule has 0 unspecified atom stereocenters. The molecule has 0 bridgehead atoms. The Kier molecular flexibility index (Phi) is 5.46. The van der Waals surface area contributed by atoms with Crippen molar-refractivity contribution in [1.29, 1.82) is 0 Å². The number of nitrogens with zero attached hydrogens (tertiary/aromatic N) is 2. The summed E-state index contributed by atoms with van der Waals surface area (Å²) in [6, 6.07) is 6.24. The lowest BCUT2D eigenvalue weighted by Gasteiger charge is -2.31. The van der Waals surface area contributed by atoms with Gasteiger partial charge in [0.15, 0.2) is 0 Å². The molecule has 2 aromatic rings. The lowest BCUT2D eigenvalue weighted by Crippen LogP contribution is -2.38. The average Bonchev–Trinajstić information content (AvgIpc) is 3.19. The van der Waals surface area contributed by atoms with Gasteiger partial charge in [0, 0.05) is 23.7 Å². The first-order valence-electron chi connectivity index (χ1n) is 8.21. The number of nitrogens with one attached hydrogen (secondary N) is 2. The van der Waals surface area contributed by atoms with Gasteiger partial charge in [-0.15, -0.1) is 11.3 Å². The first kappa shape index (κ1) is 16.2. The number of rotatable bonds is 6. The Morgan fingerprint density at radius 1 is 1.48 bits per heavy atom. The average molecular weight is 332 g/mol. The van der Waals surface area contributed by atoms with Gasteiger partial charge in [-0.25, -0.2) is 0 Å². The van der Waals surface area contributed by atoms with Crippen LogP contribution in [0, 0.1) is 12.8 Å². The van der Waals surface area contributed by atoms with Gasteiger partial charge in [-0.05, 0) is 56.3 Å². The van der Waals surface area contributed by atoms with E-state index >= 15 is 0 Å². The van der Waals surface area contributed by atoms with Crippen LogP contribution in [0.1, 0.15) is 29.1 Å². The number of thiophene rings is 1. The number of carbonyl (C=O) groups is 1. The summed E-state index contributed by atoms with van der Waals surface area (Å²) in [7, 11) is 0. The first-order valence-corrected chi connectivity index (χ1v) is 9.09. The molecule has 3 heterocycles. The van der Waals surface area contributed by atoms with Gasteiger partial charge in [-0.2, -0.15) is 5.10 Å². The van der Waals surface area contributed by atoms with Crippen LogP contribution in [0.5, 0.6) is 0 Å². The Labute approximate surface area is 141 Å². The van der Waals surface area contributed by atoms with Crippen LogP contribution in [0.2, 0.25) is 0 Å². The predicted molar refractivity (Wildman–Crippen MR) is 92.4 cm³/mol. The van der Waals surface area contributed by atoms with Gasteiger partial charge < -0.3 is 5.32 Å². The molecule has 0 saturated carbocycles. The van der Waals surface area contributed by atoms with Gasteiger partial charge in [0.25, 0.3) is 0 Å². The highest BCUT2D eigenvalue weighted by Crippen LogP contribution is 2.20. The zero-order chi connectivity index (χ0) is 16.1. The van der Waals surface area contributed by atoms with E-state index in [0.29, 0.717) is 12.3 Å². The van der Waals surface area contributed by atoms with Crippen LogP contribution in [0.4, 0.5) is 0 Å². The minimum atomic E-state index is 0.0671. The fourth-order valence-corrected chi connectivity index (χ4v) is 3.77. The molecule has 0 aromatic carbocycles. The lowest BCUT2D eigenvalue weighted by molar-refractivity contribution is -0.120. The molecule has 0 radical (unpaired) electrons. The number of carbonyl (C=O) groups excluding carboxylic acids is 1. The highest BCUT2D eigenvalue weighted by molar-refractivity contribution is 7.09. The molecule has 3 rings (SSSR count). The SMILES string of the molecule is Cc1cc(CC(=O)NCC2CCN(Cc3cccs3)CC2)n[nH]1. The molecule has 1 aliphatic heterocycles. The van der Waals surface area contributed by atoms with E-state index in [0.717, 1.165) is 50.4 Å². The van der Waals surface area contributed by atoms with E-state index in [-0.39, 0.29) is 5.91 Å². The Morgan fingerprint density at radius 2 is 2.30 bits per heavy atom. The van der Waals surface area contributed by atoms with Gasteiger partial charge in [0.05, 0.1) is 12.1 Å². The van der Waals surface area contributed by atoms with Crippen molar-refractivity contribution >= 4 is 17.2 Å². The zero-order valence-electron chi connectivity index (χ0n) is 13.5. The second-order valence-corrected chi connectivity index (χ2v) is 7.35. The minimum Gasteiger partial charge on any atom is -0.355 e. The van der Waals surface area contributed by atoms with Crippen molar-refractivity contribution in [1.82, 2.24) is 20.4 Å². The maximum absolute atomic E-state index is 12.0. The van der Waals surface area contributed by atoms with E-state index in [1.807, 2.05) is 24.3 Å². The number of H-pyrrole nitrogens is 1. The van der Waals surface area contributed by atoms with E-state index in [1.54, 1.807) is 0 Å². The van der Waals surface area contributed by atoms with Crippen LogP contribution in [0.3, 0.4) is 0 Å². The molecule has 0 atom stereocenters. The number of aromatic amines is 1. The van der Waals surface area contributed by atoms with Gasteiger partial charge in [-0.3, -0.25) is 14.8 Å². The number of amides is 1. The van der Waals surface area contributed by atoms with Gasteiger partial charge >= 0.3 is 0 Å². The second-order valence-electron chi connectivity index (χ2n) is 6.32. The summed E-state index contributed by atoms with van der Waals surface area (Å²) < 4.78 is 0. The second kappa shape index (κ2) is 7.75. The third kappa shape index (κ3) is 4.91. The van der Waals surface area contributed by atoms with Crippen molar-refractivity contribution in [2.24, 2.45) is 5.92 Å². The standard InChI is InChI=1S/C17H24N4OS/c1-13-9-15(20-19-13)10-17(22)18-11-14-4-6-21(7-5-14)12-16-3-2-8-23-16/h2-3,8-9,14H,4-7,10-12H2,1H3,(H,18,22)(H,19,20). The normalized spacial score (nSPS) is 16.6. The quantitative estimate of drug-likeness (QED) is 0.854. The zero-order valence-corrected chi connectivity index (χ0v) is 14.4. The molecule has 0 spiro atoms. The number of hydrogen-bond donors (Lipinski definition) is 2. The van der Waals surface area contributed by atoms with Crippen LogP contribution < -0.4 is 5.32 Å². The first-order chi connectivity index (χ1) is 11.2. The molecule has 6 heteroatoms. The predicted octanol–water partition coefficient (Wildman–Crippen LogP) is 2.35. The van der Waals surface area contributed by atoms with Crippen LogP contribution >= 0.6 is 11.3 Å². The largest absolute Gasteiger partial charge is 0.355 e. The Bertz CT molecular complexity index is 614. The molecular formula is C17H24N4OS. The highest BCUT2D eigenvalue weighted by atomic mass is 32.1. The topological polar surface area (TPSA) is 61.0 Å². The van der Waals surface area contributed by atoms with Crippen molar-refractivity contribution in [2.75, 3.05) is 19.6 Å². The Balaban J connectivity index is 1.35. The molecule has 5 nitrogen and oxygen atoms in total. The molecule has 2 N–H and O–H groups in total. The number of piperidine rings is 1. The monoisotopic (exact) mass is 332 g/mol. The van der Waals surface area contributed by atoms with E-state index in [1.165, 1.54) is 4.88 Å². The smallest absolute Gasteiger partial charge is 0.226 e.